The van der Waals surface area contributed by atoms with Crippen molar-refractivity contribution in [3.05, 3.63) is 29.8 Å². The lowest BCUT2D eigenvalue weighted by molar-refractivity contribution is -0.177. The second-order valence-electron chi connectivity index (χ2n) is 8.79. The molecule has 4 fully saturated rings. The molecule has 1 amide bonds. The molecule has 4 nitrogen and oxygen atoms in total. The fourth-order valence-electron chi connectivity index (χ4n) is 5.77. The summed E-state index contributed by atoms with van der Waals surface area (Å²) >= 11 is 0. The van der Waals surface area contributed by atoms with E-state index in [-0.39, 0.29) is 17.3 Å². The summed E-state index contributed by atoms with van der Waals surface area (Å²) in [4.78, 5) is 25.4. The van der Waals surface area contributed by atoms with Gasteiger partial charge in [0.1, 0.15) is 0 Å². The maximum absolute atomic E-state index is 12.9. The van der Waals surface area contributed by atoms with Gasteiger partial charge in [0.05, 0.1) is 5.41 Å². The number of amides is 1. The van der Waals surface area contributed by atoms with Gasteiger partial charge in [0, 0.05) is 5.69 Å². The lowest BCUT2D eigenvalue weighted by Gasteiger charge is -2.55. The fraction of sp³-hybridized carbons (Fsp3) is 0.636. The standard InChI is InChI=1S/C22H29NO3/c1-3-15-4-6-19(7-5-15)23-20(24)14(2)26-21(25)22-11-16-8-17(12-22)10-18(9-16)13-22/h4-7,14,16-18H,3,8-13H2,1-2H3,(H,23,24). The first-order valence-electron chi connectivity index (χ1n) is 10.1. The Balaban J connectivity index is 1.37. The summed E-state index contributed by atoms with van der Waals surface area (Å²) in [5, 5.41) is 2.86. The molecule has 4 saturated carbocycles. The van der Waals surface area contributed by atoms with E-state index < -0.39 is 6.10 Å². The second-order valence-corrected chi connectivity index (χ2v) is 8.79. The minimum atomic E-state index is -0.763. The molecule has 0 radical (unpaired) electrons. The maximum atomic E-state index is 12.9. The van der Waals surface area contributed by atoms with Crippen molar-refractivity contribution in [2.75, 3.05) is 5.32 Å². The van der Waals surface area contributed by atoms with Crippen molar-refractivity contribution < 1.29 is 14.3 Å². The molecule has 4 bridgehead atoms. The van der Waals surface area contributed by atoms with Gasteiger partial charge in [-0.2, -0.15) is 0 Å². The summed E-state index contributed by atoms with van der Waals surface area (Å²) in [5.41, 5.74) is 1.65. The van der Waals surface area contributed by atoms with Crippen LogP contribution in [0.3, 0.4) is 0 Å². The Morgan fingerprint density at radius 2 is 1.62 bits per heavy atom. The number of hydrogen-bond acceptors (Lipinski definition) is 3. The van der Waals surface area contributed by atoms with Gasteiger partial charge in [-0.05, 0) is 87.3 Å². The highest BCUT2D eigenvalue weighted by atomic mass is 16.5. The number of carbonyl (C=O) groups is 2. The van der Waals surface area contributed by atoms with E-state index in [4.69, 9.17) is 4.74 Å². The van der Waals surface area contributed by atoms with Crippen LogP contribution in [0, 0.1) is 23.2 Å². The number of aryl methyl sites for hydroxylation is 1. The Bertz CT molecular complexity index is 659. The van der Waals surface area contributed by atoms with E-state index in [2.05, 4.69) is 12.2 Å². The van der Waals surface area contributed by atoms with Crippen LogP contribution in [-0.4, -0.2) is 18.0 Å². The number of nitrogens with one attached hydrogen (secondary N) is 1. The van der Waals surface area contributed by atoms with Crippen molar-refractivity contribution >= 4 is 17.6 Å². The molecule has 26 heavy (non-hydrogen) atoms. The first-order chi connectivity index (χ1) is 12.5. The Morgan fingerprint density at radius 1 is 1.08 bits per heavy atom. The van der Waals surface area contributed by atoms with Crippen LogP contribution in [0.5, 0.6) is 0 Å². The van der Waals surface area contributed by atoms with Gasteiger partial charge >= 0.3 is 5.97 Å². The summed E-state index contributed by atoms with van der Waals surface area (Å²) < 4.78 is 5.66. The highest BCUT2D eigenvalue weighted by Crippen LogP contribution is 2.60. The average Bonchev–Trinajstić information content (AvgIpc) is 2.61. The van der Waals surface area contributed by atoms with Crippen LogP contribution in [0.2, 0.25) is 0 Å². The van der Waals surface area contributed by atoms with Gasteiger partial charge in [0.2, 0.25) is 0 Å². The van der Waals surface area contributed by atoms with Gasteiger partial charge in [0.25, 0.3) is 5.91 Å². The van der Waals surface area contributed by atoms with Crippen LogP contribution in [0.15, 0.2) is 24.3 Å². The number of carbonyl (C=O) groups excluding carboxylic acids is 2. The fourth-order valence-corrected chi connectivity index (χ4v) is 5.77. The third-order valence-electron chi connectivity index (χ3n) is 6.75. The maximum Gasteiger partial charge on any atom is 0.312 e. The summed E-state index contributed by atoms with van der Waals surface area (Å²) in [7, 11) is 0. The lowest BCUT2D eigenvalue weighted by atomic mass is 9.49. The summed E-state index contributed by atoms with van der Waals surface area (Å²) in [5.74, 6) is 1.67. The molecule has 5 rings (SSSR count). The van der Waals surface area contributed by atoms with Crippen molar-refractivity contribution in [1.82, 2.24) is 0 Å². The average molecular weight is 355 g/mol. The molecule has 4 aliphatic rings. The quantitative estimate of drug-likeness (QED) is 0.800. The molecule has 1 N–H and O–H groups in total. The van der Waals surface area contributed by atoms with Crippen molar-refractivity contribution in [3.63, 3.8) is 0 Å². The topological polar surface area (TPSA) is 55.4 Å². The van der Waals surface area contributed by atoms with Crippen LogP contribution < -0.4 is 5.32 Å². The molecule has 0 saturated heterocycles. The van der Waals surface area contributed by atoms with E-state index in [0.29, 0.717) is 17.8 Å². The van der Waals surface area contributed by atoms with Crippen LogP contribution in [0.4, 0.5) is 5.69 Å². The molecule has 4 heteroatoms. The summed E-state index contributed by atoms with van der Waals surface area (Å²) in [6, 6.07) is 7.79. The van der Waals surface area contributed by atoms with Crippen LogP contribution in [0.1, 0.15) is 57.9 Å². The van der Waals surface area contributed by atoms with Gasteiger partial charge in [0.15, 0.2) is 6.10 Å². The normalized spacial score (nSPS) is 32.9. The number of benzene rings is 1. The molecular weight excluding hydrogens is 326 g/mol. The number of anilines is 1. The third-order valence-corrected chi connectivity index (χ3v) is 6.75. The van der Waals surface area contributed by atoms with Crippen LogP contribution >= 0.6 is 0 Å². The van der Waals surface area contributed by atoms with E-state index in [1.165, 1.54) is 24.8 Å². The van der Waals surface area contributed by atoms with Crippen molar-refractivity contribution in [3.8, 4) is 0 Å². The van der Waals surface area contributed by atoms with Gasteiger partial charge in [-0.1, -0.05) is 19.1 Å². The molecule has 1 aromatic rings. The lowest BCUT2D eigenvalue weighted by Crippen LogP contribution is -2.51. The first kappa shape index (κ1) is 17.6. The summed E-state index contributed by atoms with van der Waals surface area (Å²) in [6.45, 7) is 3.77. The Kier molecular flexibility index (Phi) is 4.54. The predicted octanol–water partition coefficient (Wildman–Crippen LogP) is 4.34. The smallest absolute Gasteiger partial charge is 0.312 e. The number of rotatable bonds is 5. The van der Waals surface area contributed by atoms with Crippen LogP contribution in [-0.2, 0) is 20.7 Å². The largest absolute Gasteiger partial charge is 0.452 e. The Labute approximate surface area is 155 Å². The minimum absolute atomic E-state index is 0.138. The number of hydrogen-bond donors (Lipinski definition) is 1. The zero-order valence-corrected chi connectivity index (χ0v) is 15.8. The van der Waals surface area contributed by atoms with E-state index >= 15 is 0 Å². The number of esters is 1. The van der Waals surface area contributed by atoms with Gasteiger partial charge < -0.3 is 10.1 Å². The predicted molar refractivity (Wildman–Crippen MR) is 101 cm³/mol. The molecule has 140 valence electrons. The highest BCUT2D eigenvalue weighted by molar-refractivity contribution is 5.95. The molecule has 1 atom stereocenters. The molecule has 1 unspecified atom stereocenters. The monoisotopic (exact) mass is 355 g/mol. The molecule has 0 heterocycles. The van der Waals surface area contributed by atoms with Crippen molar-refractivity contribution in [1.29, 1.82) is 0 Å². The van der Waals surface area contributed by atoms with Gasteiger partial charge in [-0.3, -0.25) is 9.59 Å². The molecule has 4 aliphatic carbocycles. The molecular formula is C22H29NO3. The SMILES string of the molecule is CCc1ccc(NC(=O)C(C)OC(=O)C23CC4CC(CC(C4)C2)C3)cc1. The zero-order chi connectivity index (χ0) is 18.3. The summed E-state index contributed by atoms with van der Waals surface area (Å²) in [6.07, 6.45) is 6.96. The molecule has 0 aromatic heterocycles. The Morgan fingerprint density at radius 3 is 2.12 bits per heavy atom. The third kappa shape index (κ3) is 3.26. The second kappa shape index (κ2) is 6.71. The zero-order valence-electron chi connectivity index (χ0n) is 15.8. The molecule has 1 aromatic carbocycles. The van der Waals surface area contributed by atoms with Crippen molar-refractivity contribution in [2.45, 2.75) is 64.9 Å². The van der Waals surface area contributed by atoms with E-state index in [9.17, 15) is 9.59 Å². The first-order valence-corrected chi connectivity index (χ1v) is 10.1. The van der Waals surface area contributed by atoms with E-state index in [0.717, 1.165) is 31.4 Å². The minimum Gasteiger partial charge on any atom is -0.452 e. The van der Waals surface area contributed by atoms with E-state index in [1.807, 2.05) is 24.3 Å². The van der Waals surface area contributed by atoms with Crippen molar-refractivity contribution in [2.24, 2.45) is 23.2 Å². The van der Waals surface area contributed by atoms with Gasteiger partial charge in [-0.25, -0.2) is 0 Å². The van der Waals surface area contributed by atoms with Crippen LogP contribution in [0.25, 0.3) is 0 Å². The van der Waals surface area contributed by atoms with E-state index in [1.54, 1.807) is 6.92 Å². The Hall–Kier alpha value is -1.84. The highest BCUT2D eigenvalue weighted by Gasteiger charge is 2.55. The molecule has 0 aliphatic heterocycles. The number of ether oxygens (including phenoxy) is 1. The van der Waals surface area contributed by atoms with Gasteiger partial charge in [-0.15, -0.1) is 0 Å². The molecule has 0 spiro atoms.